The maximum Gasteiger partial charge on any atom is 0.355 e. The number of nitrogens with zero attached hydrogens (tertiary/aromatic N) is 1. The molecule has 1 aromatic heterocycles. The third-order valence-corrected chi connectivity index (χ3v) is 3.72. The number of ether oxygens (including phenoxy) is 1. The predicted molar refractivity (Wildman–Crippen MR) is 96.1 cm³/mol. The van der Waals surface area contributed by atoms with Crippen molar-refractivity contribution in [3.05, 3.63) is 22.5 Å². The van der Waals surface area contributed by atoms with Crippen molar-refractivity contribution in [1.82, 2.24) is 15.2 Å². The molecule has 7 nitrogen and oxygen atoms in total. The van der Waals surface area contributed by atoms with Gasteiger partial charge in [-0.05, 0) is 46.6 Å². The lowest BCUT2D eigenvalue weighted by atomic mass is 10.1. The second-order valence-corrected chi connectivity index (χ2v) is 6.29. The molecule has 2 N–H and O–H groups in total. The first kappa shape index (κ1) is 20.7. The molecule has 0 spiro atoms. The van der Waals surface area contributed by atoms with E-state index in [-0.39, 0.29) is 36.7 Å². The first-order chi connectivity index (χ1) is 11.7. The van der Waals surface area contributed by atoms with E-state index in [4.69, 9.17) is 4.74 Å². The summed E-state index contributed by atoms with van der Waals surface area (Å²) in [5.74, 6) is -0.681. The van der Waals surface area contributed by atoms with Gasteiger partial charge in [-0.25, -0.2) is 9.59 Å². The summed E-state index contributed by atoms with van der Waals surface area (Å²) >= 11 is 0. The highest BCUT2D eigenvalue weighted by molar-refractivity contribution is 6.04. The van der Waals surface area contributed by atoms with E-state index in [1.54, 1.807) is 20.8 Å². The van der Waals surface area contributed by atoms with E-state index in [1.807, 2.05) is 20.8 Å². The van der Waals surface area contributed by atoms with Gasteiger partial charge < -0.3 is 19.9 Å². The van der Waals surface area contributed by atoms with E-state index >= 15 is 0 Å². The van der Waals surface area contributed by atoms with Crippen LogP contribution >= 0.6 is 0 Å². The second kappa shape index (κ2) is 9.25. The Morgan fingerprint density at radius 2 is 1.84 bits per heavy atom. The number of hydrogen-bond acceptors (Lipinski definition) is 4. The van der Waals surface area contributed by atoms with E-state index in [1.165, 1.54) is 4.90 Å². The molecule has 0 atom stereocenters. The third kappa shape index (κ3) is 5.34. The molecule has 2 amide bonds. The number of ketones is 1. The van der Waals surface area contributed by atoms with E-state index < -0.39 is 5.97 Å². The number of aromatic nitrogens is 1. The molecule has 25 heavy (non-hydrogen) atoms. The summed E-state index contributed by atoms with van der Waals surface area (Å²) in [5, 5.41) is 2.81. The van der Waals surface area contributed by atoms with Gasteiger partial charge in [0, 0.05) is 23.8 Å². The molecule has 1 rings (SSSR count). The van der Waals surface area contributed by atoms with Crippen LogP contribution in [0.2, 0.25) is 0 Å². The first-order valence-corrected chi connectivity index (χ1v) is 8.67. The molecule has 1 heterocycles. The van der Waals surface area contributed by atoms with E-state index in [0.717, 1.165) is 6.42 Å². The van der Waals surface area contributed by atoms with Crippen molar-refractivity contribution < 1.29 is 19.1 Å². The SMILES string of the molecule is CCCN(CC(=O)c1c(C)[nH]c(C(=O)OCC)c1C)C(=O)NC(C)C. The van der Waals surface area contributed by atoms with Crippen molar-refractivity contribution in [3.63, 3.8) is 0 Å². The fraction of sp³-hybridized carbons (Fsp3) is 0.611. The quantitative estimate of drug-likeness (QED) is 0.556. The minimum Gasteiger partial charge on any atom is -0.461 e. The Hall–Kier alpha value is -2.31. The lowest BCUT2D eigenvalue weighted by Gasteiger charge is -2.23. The van der Waals surface area contributed by atoms with E-state index in [9.17, 15) is 14.4 Å². The van der Waals surface area contributed by atoms with Crippen molar-refractivity contribution in [2.24, 2.45) is 0 Å². The van der Waals surface area contributed by atoms with E-state index in [2.05, 4.69) is 10.3 Å². The van der Waals surface area contributed by atoms with Gasteiger partial charge in [0.2, 0.25) is 0 Å². The molecule has 0 unspecified atom stereocenters. The summed E-state index contributed by atoms with van der Waals surface area (Å²) in [7, 11) is 0. The molecule has 0 saturated heterocycles. The van der Waals surface area contributed by atoms with Crippen LogP contribution in [0, 0.1) is 13.8 Å². The molecule has 0 aliphatic rings. The van der Waals surface area contributed by atoms with Gasteiger partial charge in [-0.15, -0.1) is 0 Å². The van der Waals surface area contributed by atoms with Gasteiger partial charge in [0.1, 0.15) is 5.69 Å². The Morgan fingerprint density at radius 3 is 2.36 bits per heavy atom. The number of esters is 1. The van der Waals surface area contributed by atoms with Crippen LogP contribution < -0.4 is 5.32 Å². The summed E-state index contributed by atoms with van der Waals surface area (Å²) in [5.41, 5.74) is 1.89. The Bertz CT molecular complexity index is 635. The molecule has 0 radical (unpaired) electrons. The lowest BCUT2D eigenvalue weighted by Crippen LogP contribution is -2.45. The van der Waals surface area contributed by atoms with Gasteiger partial charge in [-0.2, -0.15) is 0 Å². The Kier molecular flexibility index (Phi) is 7.67. The van der Waals surface area contributed by atoms with Crippen molar-refractivity contribution in [2.75, 3.05) is 19.7 Å². The highest BCUT2D eigenvalue weighted by Gasteiger charge is 2.25. The van der Waals surface area contributed by atoms with Crippen molar-refractivity contribution in [3.8, 4) is 0 Å². The van der Waals surface area contributed by atoms with Crippen molar-refractivity contribution >= 4 is 17.8 Å². The molecule has 0 aliphatic heterocycles. The van der Waals surface area contributed by atoms with Crippen molar-refractivity contribution in [2.45, 2.75) is 54.0 Å². The van der Waals surface area contributed by atoms with Gasteiger partial charge in [-0.1, -0.05) is 6.92 Å². The molecule has 0 saturated carbocycles. The maximum absolute atomic E-state index is 12.8. The predicted octanol–water partition coefficient (Wildman–Crippen LogP) is 2.82. The summed E-state index contributed by atoms with van der Waals surface area (Å²) < 4.78 is 5.00. The standard InChI is InChI=1S/C18H29N3O4/c1-7-9-21(18(24)19-11(3)4)10-14(22)15-12(5)16(20-13(15)6)17(23)25-8-2/h11,20H,7-10H2,1-6H3,(H,19,24). The van der Waals surface area contributed by atoms with Crippen LogP contribution in [0.25, 0.3) is 0 Å². The van der Waals surface area contributed by atoms with Crippen LogP contribution in [0.15, 0.2) is 0 Å². The van der Waals surface area contributed by atoms with Crippen molar-refractivity contribution in [1.29, 1.82) is 0 Å². The molecule has 0 bridgehead atoms. The summed E-state index contributed by atoms with van der Waals surface area (Å²) in [6, 6.07) is -0.269. The van der Waals surface area contributed by atoms with Gasteiger partial charge in [0.05, 0.1) is 13.2 Å². The maximum atomic E-state index is 12.8. The number of rotatable bonds is 8. The lowest BCUT2D eigenvalue weighted by molar-refractivity contribution is 0.0519. The normalized spacial score (nSPS) is 10.7. The second-order valence-electron chi connectivity index (χ2n) is 6.29. The van der Waals surface area contributed by atoms with Gasteiger partial charge >= 0.3 is 12.0 Å². The van der Waals surface area contributed by atoms with Crippen LogP contribution in [0.4, 0.5) is 4.79 Å². The molecule has 140 valence electrons. The number of aryl methyl sites for hydroxylation is 1. The third-order valence-electron chi connectivity index (χ3n) is 3.72. The topological polar surface area (TPSA) is 91.5 Å². The van der Waals surface area contributed by atoms with Crippen LogP contribution in [-0.2, 0) is 4.74 Å². The van der Waals surface area contributed by atoms with Crippen LogP contribution in [0.5, 0.6) is 0 Å². The Morgan fingerprint density at radius 1 is 1.20 bits per heavy atom. The number of amides is 2. The molecule has 0 aliphatic carbocycles. The van der Waals surface area contributed by atoms with Gasteiger partial charge in [0.25, 0.3) is 0 Å². The number of carbonyl (C=O) groups excluding carboxylic acids is 3. The fourth-order valence-corrected chi connectivity index (χ4v) is 2.69. The van der Waals surface area contributed by atoms with Crippen LogP contribution in [-0.4, -0.2) is 53.4 Å². The van der Waals surface area contributed by atoms with Gasteiger partial charge in [-0.3, -0.25) is 4.79 Å². The smallest absolute Gasteiger partial charge is 0.355 e. The molecule has 0 aromatic carbocycles. The summed E-state index contributed by atoms with van der Waals surface area (Å²) in [4.78, 5) is 41.4. The molecular weight excluding hydrogens is 322 g/mol. The number of aromatic amines is 1. The largest absolute Gasteiger partial charge is 0.461 e. The zero-order valence-electron chi connectivity index (χ0n) is 16.0. The molecule has 0 fully saturated rings. The van der Waals surface area contributed by atoms with Crippen LogP contribution in [0.3, 0.4) is 0 Å². The zero-order valence-corrected chi connectivity index (χ0v) is 16.0. The minimum atomic E-state index is -0.481. The number of H-pyrrole nitrogens is 1. The Labute approximate surface area is 149 Å². The number of carbonyl (C=O) groups is 3. The molecule has 1 aromatic rings. The number of Topliss-reactive ketones (excluding diaryl/α,β-unsaturated/α-hetero) is 1. The molecular formula is C18H29N3O4. The highest BCUT2D eigenvalue weighted by atomic mass is 16.5. The van der Waals surface area contributed by atoms with Gasteiger partial charge in [0.15, 0.2) is 5.78 Å². The summed E-state index contributed by atoms with van der Waals surface area (Å²) in [6.07, 6.45) is 0.748. The Balaban J connectivity index is 3.01. The number of hydrogen-bond donors (Lipinski definition) is 2. The van der Waals surface area contributed by atoms with E-state index in [0.29, 0.717) is 23.4 Å². The fourth-order valence-electron chi connectivity index (χ4n) is 2.69. The number of nitrogens with one attached hydrogen (secondary N) is 2. The van der Waals surface area contributed by atoms with Crippen LogP contribution in [0.1, 0.15) is 66.2 Å². The highest BCUT2D eigenvalue weighted by Crippen LogP contribution is 2.20. The molecule has 7 heteroatoms. The number of urea groups is 1. The average Bonchev–Trinajstić information content (AvgIpc) is 2.81. The monoisotopic (exact) mass is 351 g/mol. The average molecular weight is 351 g/mol. The first-order valence-electron chi connectivity index (χ1n) is 8.67. The summed E-state index contributed by atoms with van der Waals surface area (Å²) in [6.45, 7) is 11.6. The minimum absolute atomic E-state index is 0.00638. The zero-order chi connectivity index (χ0) is 19.1.